The van der Waals surface area contributed by atoms with Crippen molar-refractivity contribution in [2.24, 2.45) is 5.10 Å². The molecule has 0 saturated heterocycles. The molecule has 0 radical (unpaired) electrons. The molecule has 0 aromatic heterocycles. The van der Waals surface area contributed by atoms with Crippen LogP contribution in [-0.2, 0) is 11.4 Å². The van der Waals surface area contributed by atoms with Crippen LogP contribution in [-0.4, -0.2) is 38.4 Å². The summed E-state index contributed by atoms with van der Waals surface area (Å²) in [6.45, 7) is 4.39. The predicted molar refractivity (Wildman–Crippen MR) is 174 cm³/mol. The van der Waals surface area contributed by atoms with Crippen molar-refractivity contribution in [3.05, 3.63) is 111 Å². The standard InChI is InChI=1S/C33H32IN3O6/c1-4-41-30-17-24(16-27(34)32(30)43-21-31(38)36-26-12-8-9-22(2)15-26)19-35-37-33(39)25-13-14-28(29(18-25)40-3)42-20-23-10-6-5-7-11-23/h5-19H,4,20-21H2,1-3H3,(H,36,38)(H,37,39)/b35-19+. The average Bonchev–Trinajstić information content (AvgIpc) is 3.00. The number of anilines is 1. The molecule has 0 heterocycles. The highest BCUT2D eigenvalue weighted by Crippen LogP contribution is 2.34. The first-order valence-electron chi connectivity index (χ1n) is 13.5. The van der Waals surface area contributed by atoms with Gasteiger partial charge in [0.15, 0.2) is 29.6 Å². The van der Waals surface area contributed by atoms with Crippen molar-refractivity contribution in [3.8, 4) is 23.0 Å². The van der Waals surface area contributed by atoms with Gasteiger partial charge in [-0.3, -0.25) is 9.59 Å². The fraction of sp³-hybridized carbons (Fsp3) is 0.182. The van der Waals surface area contributed by atoms with Gasteiger partial charge in [-0.25, -0.2) is 5.43 Å². The second kappa shape index (κ2) is 15.6. The summed E-state index contributed by atoms with van der Waals surface area (Å²) in [4.78, 5) is 25.2. The molecule has 4 rings (SSSR count). The first-order chi connectivity index (χ1) is 20.9. The van der Waals surface area contributed by atoms with E-state index in [4.69, 9.17) is 18.9 Å². The minimum atomic E-state index is -0.413. The molecule has 0 aliphatic heterocycles. The molecule has 0 aliphatic rings. The SMILES string of the molecule is CCOc1cc(/C=N/NC(=O)c2ccc(OCc3ccccc3)c(OC)c2)cc(I)c1OCC(=O)Nc1cccc(C)c1. The van der Waals surface area contributed by atoms with Gasteiger partial charge in [0.1, 0.15) is 6.61 Å². The zero-order valence-electron chi connectivity index (χ0n) is 24.1. The fourth-order valence-electron chi connectivity index (χ4n) is 4.02. The summed E-state index contributed by atoms with van der Waals surface area (Å²) < 4.78 is 23.6. The molecule has 9 nitrogen and oxygen atoms in total. The highest BCUT2D eigenvalue weighted by atomic mass is 127. The number of hydrogen-bond acceptors (Lipinski definition) is 7. The van der Waals surface area contributed by atoms with Crippen LogP contribution in [0.1, 0.15) is 34.0 Å². The lowest BCUT2D eigenvalue weighted by atomic mass is 10.2. The number of halogens is 1. The molecule has 0 bridgehead atoms. The minimum Gasteiger partial charge on any atom is -0.493 e. The van der Waals surface area contributed by atoms with Crippen molar-refractivity contribution in [3.63, 3.8) is 0 Å². The lowest BCUT2D eigenvalue weighted by Crippen LogP contribution is -2.20. The van der Waals surface area contributed by atoms with Crippen molar-refractivity contribution in [1.29, 1.82) is 0 Å². The molecule has 43 heavy (non-hydrogen) atoms. The summed E-state index contributed by atoms with van der Waals surface area (Å²) >= 11 is 2.11. The van der Waals surface area contributed by atoms with Crippen molar-refractivity contribution in [1.82, 2.24) is 5.43 Å². The number of benzene rings is 4. The molecule has 4 aromatic carbocycles. The van der Waals surface area contributed by atoms with Gasteiger partial charge in [0.25, 0.3) is 11.8 Å². The van der Waals surface area contributed by atoms with E-state index in [2.05, 4.69) is 38.4 Å². The summed E-state index contributed by atoms with van der Waals surface area (Å²) in [5.41, 5.74) is 6.33. The van der Waals surface area contributed by atoms with Gasteiger partial charge in [-0.2, -0.15) is 5.10 Å². The maximum atomic E-state index is 12.8. The molecule has 222 valence electrons. The van der Waals surface area contributed by atoms with Gasteiger partial charge >= 0.3 is 0 Å². The van der Waals surface area contributed by atoms with Gasteiger partial charge in [0.2, 0.25) is 0 Å². The summed E-state index contributed by atoms with van der Waals surface area (Å²) in [5.74, 6) is 1.17. The van der Waals surface area contributed by atoms with Gasteiger partial charge in [-0.05, 0) is 95.6 Å². The van der Waals surface area contributed by atoms with Crippen LogP contribution in [0.25, 0.3) is 0 Å². The molecule has 4 aromatic rings. The first-order valence-corrected chi connectivity index (χ1v) is 14.6. The largest absolute Gasteiger partial charge is 0.493 e. The van der Waals surface area contributed by atoms with Crippen molar-refractivity contribution < 1.29 is 28.5 Å². The van der Waals surface area contributed by atoms with Crippen LogP contribution in [0.2, 0.25) is 0 Å². The summed E-state index contributed by atoms with van der Waals surface area (Å²) in [5, 5.41) is 6.94. The van der Waals surface area contributed by atoms with Crippen molar-refractivity contribution in [2.45, 2.75) is 20.5 Å². The quantitative estimate of drug-likeness (QED) is 0.0959. The van der Waals surface area contributed by atoms with Crippen LogP contribution in [0.15, 0.2) is 90.0 Å². The van der Waals surface area contributed by atoms with Crippen molar-refractivity contribution >= 4 is 46.3 Å². The van der Waals surface area contributed by atoms with E-state index in [1.54, 1.807) is 24.3 Å². The molecule has 10 heteroatoms. The van der Waals surface area contributed by atoms with E-state index in [1.807, 2.05) is 74.5 Å². The van der Waals surface area contributed by atoms with E-state index in [9.17, 15) is 9.59 Å². The Balaban J connectivity index is 1.37. The van der Waals surface area contributed by atoms with E-state index >= 15 is 0 Å². The number of nitrogens with zero attached hydrogens (tertiary/aromatic N) is 1. The highest BCUT2D eigenvalue weighted by molar-refractivity contribution is 14.1. The molecular formula is C33H32IN3O6. The maximum absolute atomic E-state index is 12.8. The molecule has 0 unspecified atom stereocenters. The number of carbonyl (C=O) groups excluding carboxylic acids is 2. The normalized spacial score (nSPS) is 10.7. The molecular weight excluding hydrogens is 661 g/mol. The Morgan fingerprint density at radius 2 is 1.70 bits per heavy atom. The number of hydrazone groups is 1. The Kier molecular flexibility index (Phi) is 11.4. The van der Waals surface area contributed by atoms with E-state index < -0.39 is 5.91 Å². The zero-order valence-corrected chi connectivity index (χ0v) is 26.2. The highest BCUT2D eigenvalue weighted by Gasteiger charge is 2.15. The molecule has 2 amide bonds. The minimum absolute atomic E-state index is 0.187. The second-order valence-corrected chi connectivity index (χ2v) is 10.5. The maximum Gasteiger partial charge on any atom is 0.271 e. The monoisotopic (exact) mass is 693 g/mol. The number of ether oxygens (including phenoxy) is 4. The van der Waals surface area contributed by atoms with Gasteiger partial charge in [-0.15, -0.1) is 0 Å². The number of amides is 2. The van der Waals surface area contributed by atoms with Crippen LogP contribution >= 0.6 is 22.6 Å². The van der Waals surface area contributed by atoms with Gasteiger partial charge in [0.05, 0.1) is 23.5 Å². The van der Waals surface area contributed by atoms with Gasteiger partial charge in [0, 0.05) is 11.3 Å². The Morgan fingerprint density at radius 1 is 0.884 bits per heavy atom. The molecule has 0 aliphatic carbocycles. The number of hydrogen-bond donors (Lipinski definition) is 2. The Morgan fingerprint density at radius 3 is 2.44 bits per heavy atom. The van der Waals surface area contributed by atoms with Gasteiger partial charge in [-0.1, -0.05) is 42.5 Å². The third-order valence-electron chi connectivity index (χ3n) is 6.02. The van der Waals surface area contributed by atoms with E-state index in [0.29, 0.717) is 53.0 Å². The van der Waals surface area contributed by atoms with Crippen LogP contribution in [0.5, 0.6) is 23.0 Å². The molecule has 0 fully saturated rings. The molecule has 0 atom stereocenters. The van der Waals surface area contributed by atoms with E-state index in [-0.39, 0.29) is 12.5 Å². The smallest absolute Gasteiger partial charge is 0.271 e. The number of methoxy groups -OCH3 is 1. The van der Waals surface area contributed by atoms with Crippen molar-refractivity contribution in [2.75, 3.05) is 25.6 Å². The molecule has 2 N–H and O–H groups in total. The average molecular weight is 694 g/mol. The Bertz CT molecular complexity index is 1590. The van der Waals surface area contributed by atoms with E-state index in [0.717, 1.165) is 14.7 Å². The Labute approximate surface area is 264 Å². The zero-order chi connectivity index (χ0) is 30.6. The first kappa shape index (κ1) is 31.4. The molecule has 0 spiro atoms. The topological polar surface area (TPSA) is 107 Å². The number of rotatable bonds is 13. The Hall–Kier alpha value is -4.58. The van der Waals surface area contributed by atoms with Crippen LogP contribution in [0.4, 0.5) is 5.69 Å². The summed E-state index contributed by atoms with van der Waals surface area (Å²) in [6.07, 6.45) is 1.51. The number of carbonyl (C=O) groups is 2. The lowest BCUT2D eigenvalue weighted by Gasteiger charge is -2.14. The third kappa shape index (κ3) is 9.20. The number of aryl methyl sites for hydroxylation is 1. The van der Waals surface area contributed by atoms with E-state index in [1.165, 1.54) is 13.3 Å². The van der Waals surface area contributed by atoms with Crippen LogP contribution in [0, 0.1) is 10.5 Å². The third-order valence-corrected chi connectivity index (χ3v) is 6.83. The summed E-state index contributed by atoms with van der Waals surface area (Å²) in [6, 6.07) is 25.8. The van der Waals surface area contributed by atoms with Crippen LogP contribution in [0.3, 0.4) is 0 Å². The number of nitrogens with one attached hydrogen (secondary N) is 2. The van der Waals surface area contributed by atoms with Gasteiger partial charge < -0.3 is 24.3 Å². The lowest BCUT2D eigenvalue weighted by molar-refractivity contribution is -0.118. The predicted octanol–water partition coefficient (Wildman–Crippen LogP) is 6.37. The van der Waals surface area contributed by atoms with Crippen LogP contribution < -0.4 is 29.7 Å². The summed E-state index contributed by atoms with van der Waals surface area (Å²) in [7, 11) is 1.52. The second-order valence-electron chi connectivity index (χ2n) is 9.31. The fourth-order valence-corrected chi connectivity index (χ4v) is 4.80. The molecule has 0 saturated carbocycles.